The topological polar surface area (TPSA) is 76.6 Å². The van der Waals surface area contributed by atoms with Crippen molar-refractivity contribution in [3.63, 3.8) is 0 Å². The average molecular weight is 433 g/mol. The van der Waals surface area contributed by atoms with Gasteiger partial charge in [-0.15, -0.1) is 10.2 Å². The molecule has 2 aromatic carbocycles. The van der Waals surface area contributed by atoms with Crippen LogP contribution in [0.15, 0.2) is 60.7 Å². The van der Waals surface area contributed by atoms with Crippen molar-refractivity contribution in [1.82, 2.24) is 15.5 Å². The van der Waals surface area contributed by atoms with Gasteiger partial charge < -0.3 is 19.7 Å². The minimum absolute atomic E-state index is 0.0430. The van der Waals surface area contributed by atoms with Crippen LogP contribution in [-0.4, -0.2) is 43.4 Å². The van der Waals surface area contributed by atoms with E-state index in [-0.39, 0.29) is 11.8 Å². The number of anilines is 1. The van der Waals surface area contributed by atoms with Gasteiger partial charge in [-0.25, -0.2) is 0 Å². The third-order valence-corrected chi connectivity index (χ3v) is 5.78. The molecule has 0 unspecified atom stereocenters. The molecule has 32 heavy (non-hydrogen) atoms. The SMILES string of the molecule is COc1ccc(CNC(=O)[C@@H]2CCCN(c3ccc(-c4ccccc4)nn3)C2)c(OC)c1. The molecular weight excluding hydrogens is 404 g/mol. The van der Waals surface area contributed by atoms with Gasteiger partial charge in [-0.05, 0) is 37.1 Å². The predicted molar refractivity (Wildman–Crippen MR) is 124 cm³/mol. The summed E-state index contributed by atoms with van der Waals surface area (Å²) in [7, 11) is 3.23. The van der Waals surface area contributed by atoms with Gasteiger partial charge in [-0.2, -0.15) is 0 Å². The Morgan fingerprint density at radius 2 is 1.91 bits per heavy atom. The molecule has 1 aromatic heterocycles. The fourth-order valence-corrected chi connectivity index (χ4v) is 3.98. The van der Waals surface area contributed by atoms with Crippen LogP contribution in [0.25, 0.3) is 11.3 Å². The maximum Gasteiger partial charge on any atom is 0.225 e. The molecule has 3 aromatic rings. The Morgan fingerprint density at radius 3 is 2.62 bits per heavy atom. The second-order valence-corrected chi connectivity index (χ2v) is 7.82. The van der Waals surface area contributed by atoms with Crippen LogP contribution < -0.4 is 19.7 Å². The second-order valence-electron chi connectivity index (χ2n) is 7.82. The number of ether oxygens (including phenoxy) is 2. The number of hydrogen-bond donors (Lipinski definition) is 1. The number of methoxy groups -OCH3 is 2. The van der Waals surface area contributed by atoms with Crippen molar-refractivity contribution in [2.45, 2.75) is 19.4 Å². The first kappa shape index (κ1) is 21.6. The number of nitrogens with one attached hydrogen (secondary N) is 1. The number of hydrogen-bond acceptors (Lipinski definition) is 6. The summed E-state index contributed by atoms with van der Waals surface area (Å²) in [5.74, 6) is 2.17. The molecule has 1 aliphatic rings. The molecule has 1 atom stereocenters. The monoisotopic (exact) mass is 432 g/mol. The van der Waals surface area contributed by atoms with Crippen molar-refractivity contribution < 1.29 is 14.3 Å². The van der Waals surface area contributed by atoms with Gasteiger partial charge in [0.2, 0.25) is 5.91 Å². The summed E-state index contributed by atoms with van der Waals surface area (Å²) < 4.78 is 10.7. The van der Waals surface area contributed by atoms with E-state index in [9.17, 15) is 4.79 Å². The first-order valence-electron chi connectivity index (χ1n) is 10.8. The summed E-state index contributed by atoms with van der Waals surface area (Å²) in [5, 5.41) is 11.9. The minimum atomic E-state index is -0.0939. The van der Waals surface area contributed by atoms with E-state index in [2.05, 4.69) is 20.4 Å². The predicted octanol–water partition coefficient (Wildman–Crippen LogP) is 3.69. The molecule has 7 heteroatoms. The molecule has 1 aliphatic heterocycles. The Balaban J connectivity index is 1.37. The summed E-state index contributed by atoms with van der Waals surface area (Å²) in [4.78, 5) is 15.0. The van der Waals surface area contributed by atoms with E-state index in [4.69, 9.17) is 9.47 Å². The Hall–Kier alpha value is -3.61. The highest BCUT2D eigenvalue weighted by atomic mass is 16.5. The van der Waals surface area contributed by atoms with Crippen LogP contribution in [0.4, 0.5) is 5.82 Å². The maximum atomic E-state index is 12.9. The zero-order chi connectivity index (χ0) is 22.3. The number of piperidine rings is 1. The molecule has 0 spiro atoms. The van der Waals surface area contributed by atoms with Gasteiger partial charge in [0.25, 0.3) is 0 Å². The number of carbonyl (C=O) groups excluding carboxylic acids is 1. The van der Waals surface area contributed by atoms with E-state index in [1.807, 2.05) is 60.7 Å². The number of benzene rings is 2. The van der Waals surface area contributed by atoms with Crippen molar-refractivity contribution >= 4 is 11.7 Å². The van der Waals surface area contributed by atoms with Crippen LogP contribution in [-0.2, 0) is 11.3 Å². The molecular formula is C25H28N4O3. The zero-order valence-corrected chi connectivity index (χ0v) is 18.5. The van der Waals surface area contributed by atoms with E-state index < -0.39 is 0 Å². The van der Waals surface area contributed by atoms with Crippen LogP contribution in [0, 0.1) is 5.92 Å². The Bertz CT molecular complexity index is 1040. The van der Waals surface area contributed by atoms with Crippen LogP contribution in [0.3, 0.4) is 0 Å². The number of nitrogens with zero attached hydrogens (tertiary/aromatic N) is 3. The Morgan fingerprint density at radius 1 is 1.06 bits per heavy atom. The Kier molecular flexibility index (Phi) is 6.84. The molecule has 1 amide bonds. The van der Waals surface area contributed by atoms with E-state index in [1.165, 1.54) is 0 Å². The summed E-state index contributed by atoms with van der Waals surface area (Å²) in [5.41, 5.74) is 2.79. The third-order valence-electron chi connectivity index (χ3n) is 5.78. The number of rotatable bonds is 7. The van der Waals surface area contributed by atoms with Crippen LogP contribution in [0.5, 0.6) is 11.5 Å². The number of aromatic nitrogens is 2. The second kappa shape index (κ2) is 10.1. The summed E-state index contributed by atoms with van der Waals surface area (Å²) in [6.07, 6.45) is 1.80. The zero-order valence-electron chi connectivity index (χ0n) is 18.5. The van der Waals surface area contributed by atoms with Gasteiger partial charge in [-0.3, -0.25) is 4.79 Å². The van der Waals surface area contributed by atoms with Crippen LogP contribution in [0.1, 0.15) is 18.4 Å². The average Bonchev–Trinajstić information content (AvgIpc) is 2.87. The molecule has 1 N–H and O–H groups in total. The van der Waals surface area contributed by atoms with Gasteiger partial charge in [0.1, 0.15) is 11.5 Å². The lowest BCUT2D eigenvalue weighted by molar-refractivity contribution is -0.125. The lowest BCUT2D eigenvalue weighted by Gasteiger charge is -2.32. The number of carbonyl (C=O) groups is 1. The highest BCUT2D eigenvalue weighted by molar-refractivity contribution is 5.79. The van der Waals surface area contributed by atoms with E-state index in [0.29, 0.717) is 18.8 Å². The lowest BCUT2D eigenvalue weighted by Crippen LogP contribution is -2.43. The lowest BCUT2D eigenvalue weighted by atomic mass is 9.97. The molecule has 166 valence electrons. The minimum Gasteiger partial charge on any atom is -0.497 e. The summed E-state index contributed by atoms with van der Waals surface area (Å²) in [6, 6.07) is 19.6. The van der Waals surface area contributed by atoms with Gasteiger partial charge in [0, 0.05) is 36.8 Å². The summed E-state index contributed by atoms with van der Waals surface area (Å²) >= 11 is 0. The van der Waals surface area contributed by atoms with Gasteiger partial charge >= 0.3 is 0 Å². The first-order chi connectivity index (χ1) is 15.7. The fourth-order valence-electron chi connectivity index (χ4n) is 3.98. The molecule has 1 fully saturated rings. The van der Waals surface area contributed by atoms with Crippen molar-refractivity contribution in [2.24, 2.45) is 5.92 Å². The third kappa shape index (κ3) is 4.99. The molecule has 0 bridgehead atoms. The van der Waals surface area contributed by atoms with Gasteiger partial charge in [0.15, 0.2) is 5.82 Å². The Labute approximate surface area is 188 Å². The van der Waals surface area contributed by atoms with Crippen LogP contribution >= 0.6 is 0 Å². The largest absolute Gasteiger partial charge is 0.497 e. The molecule has 1 saturated heterocycles. The van der Waals surface area contributed by atoms with Crippen molar-refractivity contribution in [3.8, 4) is 22.8 Å². The quantitative estimate of drug-likeness (QED) is 0.614. The van der Waals surface area contributed by atoms with E-state index >= 15 is 0 Å². The van der Waals surface area contributed by atoms with Crippen molar-refractivity contribution in [1.29, 1.82) is 0 Å². The van der Waals surface area contributed by atoms with E-state index in [0.717, 1.165) is 47.8 Å². The first-order valence-corrected chi connectivity index (χ1v) is 10.8. The molecule has 7 nitrogen and oxygen atoms in total. The van der Waals surface area contributed by atoms with E-state index in [1.54, 1.807) is 14.2 Å². The molecule has 2 heterocycles. The van der Waals surface area contributed by atoms with Gasteiger partial charge in [-0.1, -0.05) is 30.3 Å². The highest BCUT2D eigenvalue weighted by Crippen LogP contribution is 2.26. The summed E-state index contributed by atoms with van der Waals surface area (Å²) in [6.45, 7) is 1.91. The molecule has 0 aliphatic carbocycles. The fraction of sp³-hybridized carbons (Fsp3) is 0.320. The number of amides is 1. The van der Waals surface area contributed by atoms with Crippen molar-refractivity contribution in [3.05, 3.63) is 66.2 Å². The van der Waals surface area contributed by atoms with Crippen molar-refractivity contribution in [2.75, 3.05) is 32.2 Å². The molecule has 0 radical (unpaired) electrons. The standard InChI is InChI=1S/C25H28N4O3/c1-31-21-11-10-19(23(15-21)32-2)16-26-25(30)20-9-6-14-29(17-20)24-13-12-22(27-28-24)18-7-4-3-5-8-18/h3-5,7-8,10-13,15,20H,6,9,14,16-17H2,1-2H3,(H,26,30)/t20-/m1/s1. The molecule has 4 rings (SSSR count). The van der Waals surface area contributed by atoms with Crippen LogP contribution in [0.2, 0.25) is 0 Å². The van der Waals surface area contributed by atoms with Gasteiger partial charge in [0.05, 0.1) is 25.8 Å². The smallest absolute Gasteiger partial charge is 0.225 e. The normalized spacial score (nSPS) is 15.8. The highest BCUT2D eigenvalue weighted by Gasteiger charge is 2.26. The maximum absolute atomic E-state index is 12.9. The molecule has 0 saturated carbocycles.